The maximum absolute atomic E-state index is 13.8. The molecule has 61 heavy (non-hydrogen) atoms. The molecule has 352 valence electrons. The number of hydrogen-bond acceptors (Lipinski definition) is 5. The highest BCUT2D eigenvalue weighted by Crippen LogP contribution is 2.67. The molecule has 3 fully saturated rings. The Morgan fingerprint density at radius 3 is 2.08 bits per heavy atom. The molecule has 0 spiro atoms. The van der Waals surface area contributed by atoms with Gasteiger partial charge >= 0.3 is 6.09 Å². The van der Waals surface area contributed by atoms with Crippen LogP contribution in [0, 0.1) is 46.3 Å². The van der Waals surface area contributed by atoms with E-state index in [0.29, 0.717) is 44.4 Å². The van der Waals surface area contributed by atoms with Crippen molar-refractivity contribution in [3.63, 3.8) is 0 Å². The normalized spacial score (nSPS) is 27.4. The number of nitrogens with zero attached hydrogens (tertiary/aromatic N) is 1. The molecule has 8 nitrogen and oxygen atoms in total. The van der Waals surface area contributed by atoms with Crippen molar-refractivity contribution in [3.05, 3.63) is 11.6 Å². The van der Waals surface area contributed by atoms with Crippen molar-refractivity contribution in [3.8, 4) is 0 Å². The molecule has 0 radical (unpaired) electrons. The van der Waals surface area contributed by atoms with Gasteiger partial charge in [-0.25, -0.2) is 4.79 Å². The number of rotatable bonds is 30. The number of allylic oxidation sites excluding steroid dienone is 1. The molecule has 4 N–H and O–H groups in total. The first kappa shape index (κ1) is 51.5. The Morgan fingerprint density at radius 1 is 0.754 bits per heavy atom. The average Bonchev–Trinajstić information content (AvgIpc) is 3.59. The predicted octanol–water partition coefficient (Wildman–Crippen LogP) is 12.7. The van der Waals surface area contributed by atoms with E-state index in [2.05, 4.69) is 58.3 Å². The van der Waals surface area contributed by atoms with Crippen LogP contribution in [0.25, 0.3) is 0 Å². The van der Waals surface area contributed by atoms with Crippen LogP contribution in [0.5, 0.6) is 0 Å². The summed E-state index contributed by atoms with van der Waals surface area (Å²) in [5, 5.41) is 6.05. The highest BCUT2D eigenvalue weighted by molar-refractivity contribution is 5.82. The first-order valence-corrected chi connectivity index (χ1v) is 26.3. The van der Waals surface area contributed by atoms with Crippen molar-refractivity contribution in [2.24, 2.45) is 52.1 Å². The van der Waals surface area contributed by atoms with E-state index in [1.807, 2.05) is 0 Å². The van der Waals surface area contributed by atoms with Crippen molar-refractivity contribution in [1.82, 2.24) is 15.5 Å². The maximum Gasteiger partial charge on any atom is 0.410 e. The summed E-state index contributed by atoms with van der Waals surface area (Å²) >= 11 is 0. The predicted molar refractivity (Wildman–Crippen MR) is 254 cm³/mol. The number of nitrogens with one attached hydrogen (secondary N) is 2. The van der Waals surface area contributed by atoms with Crippen LogP contribution < -0.4 is 16.4 Å². The van der Waals surface area contributed by atoms with Crippen molar-refractivity contribution in [2.45, 2.75) is 227 Å². The van der Waals surface area contributed by atoms with Crippen LogP contribution in [0.15, 0.2) is 11.6 Å². The van der Waals surface area contributed by atoms with E-state index < -0.39 is 0 Å². The third-order valence-corrected chi connectivity index (χ3v) is 16.5. The summed E-state index contributed by atoms with van der Waals surface area (Å²) in [6.07, 6.45) is 34.7. The first-order chi connectivity index (χ1) is 29.4. The van der Waals surface area contributed by atoms with Crippen molar-refractivity contribution < 1.29 is 19.1 Å². The molecule has 4 aliphatic carbocycles. The van der Waals surface area contributed by atoms with E-state index in [1.54, 1.807) is 4.90 Å². The van der Waals surface area contributed by atoms with Crippen LogP contribution in [0.2, 0.25) is 0 Å². The van der Waals surface area contributed by atoms with Crippen LogP contribution in [-0.4, -0.2) is 61.6 Å². The zero-order chi connectivity index (χ0) is 44.1. The Morgan fingerprint density at radius 2 is 1.41 bits per heavy atom. The van der Waals surface area contributed by atoms with Gasteiger partial charge in [-0.05, 0) is 130 Å². The number of fused-ring (bicyclic) bond motifs is 5. The molecule has 0 aromatic carbocycles. The molecule has 4 rings (SSSR count). The van der Waals surface area contributed by atoms with Gasteiger partial charge in [0.05, 0.1) is 0 Å². The minimum absolute atomic E-state index is 0.0127. The second-order valence-corrected chi connectivity index (χ2v) is 21.5. The van der Waals surface area contributed by atoms with Gasteiger partial charge in [0.1, 0.15) is 12.6 Å². The first-order valence-electron chi connectivity index (χ1n) is 26.3. The van der Waals surface area contributed by atoms with Crippen LogP contribution >= 0.6 is 0 Å². The highest BCUT2D eigenvalue weighted by Gasteiger charge is 2.59. The van der Waals surface area contributed by atoms with Gasteiger partial charge in [0.15, 0.2) is 0 Å². The van der Waals surface area contributed by atoms with Crippen molar-refractivity contribution >= 4 is 17.9 Å². The molecular weight excluding hydrogens is 757 g/mol. The number of hydrogen-bond donors (Lipinski definition) is 3. The van der Waals surface area contributed by atoms with E-state index in [1.165, 1.54) is 121 Å². The quantitative estimate of drug-likeness (QED) is 0.0492. The molecule has 3 saturated carbocycles. The van der Waals surface area contributed by atoms with Gasteiger partial charge in [-0.15, -0.1) is 0 Å². The molecule has 3 amide bonds. The SMILES string of the molecule is CCCCCCCCCCCCCCC(=O)NCCCCN(CC(=O)NCCCCN)C(=O)O[C@H]1CC[C@@]2(C)C(=CC[C@H]3[C@@H]4CC[C@H]([C@H](C)CCCC(C)C)[C@@]4(C)CC[C@@H]32)C1. The number of ether oxygens (including phenoxy) is 1. The smallest absolute Gasteiger partial charge is 0.410 e. The summed E-state index contributed by atoms with van der Waals surface area (Å²) < 4.78 is 6.28. The average molecular weight is 853 g/mol. The van der Waals surface area contributed by atoms with Crippen LogP contribution in [0.4, 0.5) is 4.79 Å². The minimum atomic E-state index is -0.385. The van der Waals surface area contributed by atoms with Gasteiger partial charge in [0, 0.05) is 32.5 Å². The minimum Gasteiger partial charge on any atom is -0.446 e. The summed E-state index contributed by atoms with van der Waals surface area (Å²) in [6, 6.07) is 0. The molecule has 8 heteroatoms. The topological polar surface area (TPSA) is 114 Å². The van der Waals surface area contributed by atoms with Gasteiger partial charge in [0.2, 0.25) is 11.8 Å². The van der Waals surface area contributed by atoms with Crippen LogP contribution in [0.3, 0.4) is 0 Å². The van der Waals surface area contributed by atoms with Crippen LogP contribution in [0.1, 0.15) is 221 Å². The van der Waals surface area contributed by atoms with Gasteiger partial charge in [-0.1, -0.05) is 143 Å². The van der Waals surface area contributed by atoms with Gasteiger partial charge in [-0.2, -0.15) is 0 Å². The summed E-state index contributed by atoms with van der Waals surface area (Å²) in [7, 11) is 0. The zero-order valence-electron chi connectivity index (χ0n) is 40.6. The zero-order valence-corrected chi connectivity index (χ0v) is 40.6. The van der Waals surface area contributed by atoms with Crippen molar-refractivity contribution in [2.75, 3.05) is 32.7 Å². The van der Waals surface area contributed by atoms with E-state index >= 15 is 0 Å². The molecule has 0 bridgehead atoms. The Labute approximate surface area is 375 Å². The molecule has 0 unspecified atom stereocenters. The molecule has 0 aromatic heterocycles. The Bertz CT molecular complexity index is 1320. The van der Waals surface area contributed by atoms with E-state index in [0.717, 1.165) is 86.9 Å². The molecule has 0 saturated heterocycles. The Balaban J connectivity index is 1.21. The molecular formula is C53H96N4O4. The monoisotopic (exact) mass is 853 g/mol. The second kappa shape index (κ2) is 27.3. The molecule has 0 heterocycles. The largest absolute Gasteiger partial charge is 0.446 e. The van der Waals surface area contributed by atoms with Crippen LogP contribution in [-0.2, 0) is 14.3 Å². The molecule has 0 aliphatic heterocycles. The Kier molecular flexibility index (Phi) is 23.1. The van der Waals surface area contributed by atoms with Gasteiger partial charge in [-0.3, -0.25) is 14.5 Å². The fraction of sp³-hybridized carbons (Fsp3) is 0.906. The number of nitrogens with two attached hydrogens (primary N) is 1. The lowest BCUT2D eigenvalue weighted by Crippen LogP contribution is -2.51. The van der Waals surface area contributed by atoms with Gasteiger partial charge in [0.25, 0.3) is 0 Å². The number of carbonyl (C=O) groups excluding carboxylic acids is 3. The third kappa shape index (κ3) is 16.1. The van der Waals surface area contributed by atoms with E-state index in [9.17, 15) is 14.4 Å². The molecule has 4 aliphatic rings. The highest BCUT2D eigenvalue weighted by atomic mass is 16.6. The Hall–Kier alpha value is -2.09. The number of amides is 3. The fourth-order valence-corrected chi connectivity index (χ4v) is 12.8. The van der Waals surface area contributed by atoms with E-state index in [-0.39, 0.29) is 36.0 Å². The van der Waals surface area contributed by atoms with Gasteiger partial charge < -0.3 is 21.1 Å². The number of carbonyl (C=O) groups is 3. The fourth-order valence-electron chi connectivity index (χ4n) is 12.8. The summed E-state index contributed by atoms with van der Waals surface area (Å²) in [4.78, 5) is 40.9. The maximum atomic E-state index is 13.8. The lowest BCUT2D eigenvalue weighted by atomic mass is 9.47. The molecule has 8 atom stereocenters. The third-order valence-electron chi connectivity index (χ3n) is 16.5. The number of unbranched alkanes of at least 4 members (excludes halogenated alkanes) is 13. The lowest BCUT2D eigenvalue weighted by Gasteiger charge is -2.58. The second-order valence-electron chi connectivity index (χ2n) is 21.5. The molecule has 0 aromatic rings. The summed E-state index contributed by atoms with van der Waals surface area (Å²) in [5.74, 6) is 4.77. The van der Waals surface area contributed by atoms with E-state index in [4.69, 9.17) is 10.5 Å². The lowest BCUT2D eigenvalue weighted by molar-refractivity contribution is -0.122. The summed E-state index contributed by atoms with van der Waals surface area (Å²) in [6.45, 7) is 16.9. The van der Waals surface area contributed by atoms with Crippen molar-refractivity contribution in [1.29, 1.82) is 0 Å². The standard InChI is InChI=1S/C53H96N4O4/c1-7-8-9-10-11-12-13-14-15-16-17-18-26-49(58)55-37-21-22-38-57(40-50(59)56-36-20-19-35-54)51(60)61-44-31-33-52(5)43(39-44)27-28-45-47-30-29-46(42(4)25-23-24-41(2)3)53(47,6)34-32-48(45)52/h27,41-42,44-48H,7-26,28-40,54H2,1-6H3,(H,55,58)(H,56,59)/t42-,44+,45+,46-,47+,48+,52+,53-/m1/s1. The summed E-state index contributed by atoms with van der Waals surface area (Å²) in [5.41, 5.74) is 7.83.